The number of hydrogen-bond donors (Lipinski definition) is 1. The molecule has 1 N–H and O–H groups in total. The molecule has 0 atom stereocenters. The van der Waals surface area contributed by atoms with Crippen molar-refractivity contribution in [3.05, 3.63) is 82.2 Å². The van der Waals surface area contributed by atoms with E-state index < -0.39 is 0 Å². The molecule has 1 aliphatic heterocycles. The number of benzene rings is 3. The van der Waals surface area contributed by atoms with Crippen LogP contribution in [0.5, 0.6) is 0 Å². The van der Waals surface area contributed by atoms with Gasteiger partial charge in [0.05, 0.1) is 5.70 Å². The van der Waals surface area contributed by atoms with Gasteiger partial charge in [-0.25, -0.2) is 0 Å². The minimum absolute atomic E-state index is 0.678. The zero-order valence-electron chi connectivity index (χ0n) is 17.5. The van der Waals surface area contributed by atoms with Gasteiger partial charge in [0.15, 0.2) is 0 Å². The summed E-state index contributed by atoms with van der Waals surface area (Å²) in [5.74, 6) is 0. The topological polar surface area (TPSA) is 35.6 Å². The molecule has 0 aromatic heterocycles. The van der Waals surface area contributed by atoms with E-state index in [9.17, 15) is 4.79 Å². The molecule has 0 spiro atoms. The van der Waals surface area contributed by atoms with Crippen molar-refractivity contribution in [1.82, 2.24) is 4.90 Å². The van der Waals surface area contributed by atoms with Gasteiger partial charge < -0.3 is 15.1 Å². The zero-order chi connectivity index (χ0) is 21.3. The molecule has 0 bridgehead atoms. The maximum Gasteiger partial charge on any atom is 0.211 e. The van der Waals surface area contributed by atoms with Crippen LogP contribution in [0, 0.1) is 0 Å². The summed E-state index contributed by atoms with van der Waals surface area (Å²) in [7, 11) is 6.23. The van der Waals surface area contributed by atoms with Crippen molar-refractivity contribution in [1.29, 1.82) is 0 Å². The number of hydrogen-bond acceptors (Lipinski definition) is 4. The standard InChI is InChI=1S/C25H25N3OS/c1-17-9-11-20-23(13-17)30-24-14-19(27(2)3)10-12-21(24)25(20)28(4)15-18-7-5-6-8-22(18)26-16-29/h5-14,16H,1,15H2,2-4H3,(H,26,29). The molecule has 1 aliphatic rings. The monoisotopic (exact) mass is 415 g/mol. The Morgan fingerprint density at radius 2 is 1.80 bits per heavy atom. The van der Waals surface area contributed by atoms with Gasteiger partial charge in [0.2, 0.25) is 6.41 Å². The van der Waals surface area contributed by atoms with Gasteiger partial charge in [-0.1, -0.05) is 48.7 Å². The van der Waals surface area contributed by atoms with Crippen LogP contribution in [0.3, 0.4) is 0 Å². The lowest BCUT2D eigenvalue weighted by atomic mass is 10.0. The van der Waals surface area contributed by atoms with Crippen molar-refractivity contribution in [3.63, 3.8) is 0 Å². The van der Waals surface area contributed by atoms with Crippen molar-refractivity contribution in [2.75, 3.05) is 31.4 Å². The van der Waals surface area contributed by atoms with Crippen molar-refractivity contribution in [2.45, 2.75) is 16.3 Å². The SMILES string of the molecule is C=c1ccc2c(c1)Sc1cc(N(C)C)ccc1C=2N(C)Cc1ccccc1NC=O. The van der Waals surface area contributed by atoms with Gasteiger partial charge in [-0.05, 0) is 41.1 Å². The summed E-state index contributed by atoms with van der Waals surface area (Å²) in [6.45, 7) is 4.79. The van der Waals surface area contributed by atoms with E-state index in [0.29, 0.717) is 6.54 Å². The van der Waals surface area contributed by atoms with Crippen LogP contribution in [0.2, 0.25) is 0 Å². The highest BCUT2D eigenvalue weighted by Gasteiger charge is 2.22. The van der Waals surface area contributed by atoms with Gasteiger partial charge >= 0.3 is 0 Å². The van der Waals surface area contributed by atoms with E-state index in [0.717, 1.165) is 22.9 Å². The Kier molecular flexibility index (Phi) is 5.55. The van der Waals surface area contributed by atoms with Gasteiger partial charge in [0.25, 0.3) is 0 Å². The molecule has 0 radical (unpaired) electrons. The first kappa shape index (κ1) is 20.1. The van der Waals surface area contributed by atoms with Gasteiger partial charge in [0, 0.05) is 59.6 Å². The number of anilines is 2. The average molecular weight is 416 g/mol. The quantitative estimate of drug-likeness (QED) is 0.626. The number of nitrogens with zero attached hydrogens (tertiary/aromatic N) is 2. The molecule has 3 aromatic rings. The number of para-hydroxylation sites is 1. The Hall–Kier alpha value is -3.18. The van der Waals surface area contributed by atoms with Crippen LogP contribution in [0.25, 0.3) is 12.3 Å². The number of amides is 1. The normalized spacial score (nSPS) is 12.0. The molecule has 1 amide bonds. The molecular weight excluding hydrogens is 390 g/mol. The maximum absolute atomic E-state index is 11.0. The molecule has 30 heavy (non-hydrogen) atoms. The van der Waals surface area contributed by atoms with Crippen LogP contribution in [0.1, 0.15) is 11.1 Å². The maximum atomic E-state index is 11.0. The highest BCUT2D eigenvalue weighted by molar-refractivity contribution is 7.99. The summed E-state index contributed by atoms with van der Waals surface area (Å²) in [5.41, 5.74) is 5.49. The largest absolute Gasteiger partial charge is 0.378 e. The minimum Gasteiger partial charge on any atom is -0.378 e. The lowest BCUT2D eigenvalue weighted by Gasteiger charge is -2.29. The summed E-state index contributed by atoms with van der Waals surface area (Å²) in [6.07, 6.45) is 0.729. The molecular formula is C25H25N3OS. The Morgan fingerprint density at radius 3 is 2.57 bits per heavy atom. The number of nitrogens with one attached hydrogen (secondary N) is 1. The van der Waals surface area contributed by atoms with Crippen molar-refractivity contribution in [3.8, 4) is 0 Å². The van der Waals surface area contributed by atoms with E-state index in [1.165, 1.54) is 32.0 Å². The molecule has 0 aliphatic carbocycles. The van der Waals surface area contributed by atoms with Crippen LogP contribution >= 0.6 is 11.8 Å². The Labute approximate surface area is 181 Å². The van der Waals surface area contributed by atoms with E-state index in [2.05, 4.69) is 85.3 Å². The van der Waals surface area contributed by atoms with Crippen molar-refractivity contribution >= 4 is 41.8 Å². The second-order valence-corrected chi connectivity index (χ2v) is 8.72. The molecule has 0 unspecified atom stereocenters. The average Bonchev–Trinajstić information content (AvgIpc) is 2.72. The fourth-order valence-electron chi connectivity index (χ4n) is 3.79. The molecule has 0 fully saturated rings. The molecule has 4 nitrogen and oxygen atoms in total. The Bertz CT molecular complexity index is 1220. The van der Waals surface area contributed by atoms with Crippen LogP contribution in [-0.4, -0.2) is 32.5 Å². The fraction of sp³-hybridized carbons (Fsp3) is 0.160. The molecule has 5 heteroatoms. The van der Waals surface area contributed by atoms with Gasteiger partial charge in [-0.3, -0.25) is 4.79 Å². The van der Waals surface area contributed by atoms with Gasteiger partial charge in [-0.2, -0.15) is 0 Å². The second kappa shape index (κ2) is 8.28. The van der Waals surface area contributed by atoms with Gasteiger partial charge in [0.1, 0.15) is 0 Å². The number of fused-ring (bicyclic) bond motifs is 2. The van der Waals surface area contributed by atoms with E-state index in [4.69, 9.17) is 0 Å². The summed E-state index contributed by atoms with van der Waals surface area (Å²) >= 11 is 1.79. The summed E-state index contributed by atoms with van der Waals surface area (Å²) in [5, 5.41) is 5.04. The van der Waals surface area contributed by atoms with Crippen LogP contribution in [0.15, 0.2) is 70.5 Å². The molecule has 4 rings (SSSR count). The number of carbonyl (C=O) groups excluding carboxylic acids is 1. The third-order valence-corrected chi connectivity index (χ3v) is 6.39. The molecule has 0 saturated carbocycles. The smallest absolute Gasteiger partial charge is 0.211 e. The first-order valence-corrected chi connectivity index (χ1v) is 10.6. The first-order valence-electron chi connectivity index (χ1n) is 9.80. The summed E-state index contributed by atoms with van der Waals surface area (Å²) < 4.78 is 0. The summed E-state index contributed by atoms with van der Waals surface area (Å²) in [4.78, 5) is 17.9. The predicted octanol–water partition coefficient (Wildman–Crippen LogP) is 3.48. The Morgan fingerprint density at radius 1 is 1.00 bits per heavy atom. The molecule has 0 saturated heterocycles. The van der Waals surface area contributed by atoms with Crippen LogP contribution < -0.4 is 20.7 Å². The molecule has 152 valence electrons. The van der Waals surface area contributed by atoms with E-state index in [1.807, 2.05) is 18.2 Å². The number of carbonyl (C=O) groups is 1. The summed E-state index contributed by atoms with van der Waals surface area (Å²) in [6, 6.07) is 20.9. The van der Waals surface area contributed by atoms with E-state index in [1.54, 1.807) is 11.8 Å². The predicted molar refractivity (Wildman–Crippen MR) is 126 cm³/mol. The highest BCUT2D eigenvalue weighted by atomic mass is 32.2. The lowest BCUT2D eigenvalue weighted by Crippen LogP contribution is -2.28. The fourth-order valence-corrected chi connectivity index (χ4v) is 4.96. The lowest BCUT2D eigenvalue weighted by molar-refractivity contribution is -0.105. The van der Waals surface area contributed by atoms with Crippen molar-refractivity contribution in [2.24, 2.45) is 0 Å². The second-order valence-electron chi connectivity index (χ2n) is 7.63. The van der Waals surface area contributed by atoms with Crippen LogP contribution in [-0.2, 0) is 11.3 Å². The molecule has 3 aromatic carbocycles. The van der Waals surface area contributed by atoms with Gasteiger partial charge in [-0.15, -0.1) is 0 Å². The third kappa shape index (κ3) is 3.81. The Balaban J connectivity index is 1.85. The van der Waals surface area contributed by atoms with E-state index in [-0.39, 0.29) is 0 Å². The third-order valence-electron chi connectivity index (χ3n) is 5.28. The highest BCUT2D eigenvalue weighted by Crippen LogP contribution is 2.38. The van der Waals surface area contributed by atoms with E-state index >= 15 is 0 Å². The van der Waals surface area contributed by atoms with Crippen molar-refractivity contribution < 1.29 is 4.79 Å². The first-order chi connectivity index (χ1) is 14.5. The molecule has 1 heterocycles. The minimum atomic E-state index is 0.678. The number of rotatable bonds is 6. The van der Waals surface area contributed by atoms with Crippen LogP contribution in [0.4, 0.5) is 11.4 Å². The zero-order valence-corrected chi connectivity index (χ0v) is 18.3.